The van der Waals surface area contributed by atoms with Crippen molar-refractivity contribution < 1.29 is 9.59 Å². The summed E-state index contributed by atoms with van der Waals surface area (Å²) in [6, 6.07) is 1.53. The number of carbonyl (C=O) groups excluding carboxylic acids is 2. The largest absolute Gasteiger partial charge is 0.300 e. The van der Waals surface area contributed by atoms with Gasteiger partial charge >= 0.3 is 0 Å². The quantitative estimate of drug-likeness (QED) is 0.441. The molecule has 0 rings (SSSR count). The molecule has 0 unspecified atom stereocenters. The van der Waals surface area contributed by atoms with Gasteiger partial charge in [0, 0.05) is 12.8 Å². The van der Waals surface area contributed by atoms with Crippen molar-refractivity contribution in [2.75, 3.05) is 0 Å². The lowest BCUT2D eigenvalue weighted by molar-refractivity contribution is -0.117. The summed E-state index contributed by atoms with van der Waals surface area (Å²) < 4.78 is 0. The van der Waals surface area contributed by atoms with Crippen molar-refractivity contribution in [3.63, 3.8) is 0 Å². The van der Waals surface area contributed by atoms with Gasteiger partial charge in [-0.25, -0.2) is 0 Å². The van der Waals surface area contributed by atoms with Crippen LogP contribution in [0.3, 0.4) is 0 Å². The molecule has 3 nitrogen and oxygen atoms in total. The van der Waals surface area contributed by atoms with Crippen molar-refractivity contribution in [3.8, 4) is 6.07 Å². The molecule has 0 aromatic rings. The molecule has 0 atom stereocenters. The standard InChI is InChI=1S/C8H11NO2/c1-7(10)4-2-3-5-8(11)6-9/h2-5H2,1H3. The van der Waals surface area contributed by atoms with E-state index in [0.29, 0.717) is 19.3 Å². The third-order valence-corrected chi connectivity index (χ3v) is 1.31. The number of hydrogen-bond donors (Lipinski definition) is 0. The van der Waals surface area contributed by atoms with Crippen molar-refractivity contribution >= 4 is 11.6 Å². The van der Waals surface area contributed by atoms with E-state index in [9.17, 15) is 9.59 Å². The van der Waals surface area contributed by atoms with E-state index >= 15 is 0 Å². The average Bonchev–Trinajstić information content (AvgIpc) is 1.97. The number of Topliss-reactive ketones (excluding diaryl/α,β-unsaturated/α-hetero) is 2. The summed E-state index contributed by atoms with van der Waals surface area (Å²) in [5.74, 6) is -0.261. The van der Waals surface area contributed by atoms with Crippen LogP contribution in [0.4, 0.5) is 0 Å². The lowest BCUT2D eigenvalue weighted by atomic mass is 10.1. The van der Waals surface area contributed by atoms with Crippen molar-refractivity contribution in [3.05, 3.63) is 0 Å². The van der Waals surface area contributed by atoms with E-state index in [1.807, 2.05) is 0 Å². The van der Waals surface area contributed by atoms with Crippen LogP contribution in [-0.4, -0.2) is 11.6 Å². The predicted molar refractivity (Wildman–Crippen MR) is 39.8 cm³/mol. The minimum absolute atomic E-state index is 0.134. The summed E-state index contributed by atoms with van der Waals surface area (Å²) in [6.07, 6.45) is 2.15. The second-order valence-electron chi connectivity index (χ2n) is 2.44. The predicted octanol–water partition coefficient (Wildman–Crippen LogP) is 1.23. The lowest BCUT2D eigenvalue weighted by Crippen LogP contribution is -1.94. The summed E-state index contributed by atoms with van der Waals surface area (Å²) in [5.41, 5.74) is 0. The molecule has 0 aromatic heterocycles. The van der Waals surface area contributed by atoms with Gasteiger partial charge in [-0.2, -0.15) is 5.26 Å². The van der Waals surface area contributed by atoms with Gasteiger partial charge in [0.2, 0.25) is 5.78 Å². The smallest absolute Gasteiger partial charge is 0.231 e. The lowest BCUT2D eigenvalue weighted by Gasteiger charge is -1.92. The minimum Gasteiger partial charge on any atom is -0.300 e. The van der Waals surface area contributed by atoms with Gasteiger partial charge in [0.1, 0.15) is 11.9 Å². The molecule has 0 radical (unpaired) electrons. The van der Waals surface area contributed by atoms with E-state index in [1.165, 1.54) is 13.0 Å². The van der Waals surface area contributed by atoms with Gasteiger partial charge in [-0.1, -0.05) is 0 Å². The zero-order chi connectivity index (χ0) is 8.69. The molecule has 0 aromatic carbocycles. The van der Waals surface area contributed by atoms with Crippen LogP contribution in [0.5, 0.6) is 0 Å². The Balaban J connectivity index is 3.23. The topological polar surface area (TPSA) is 57.9 Å². The van der Waals surface area contributed by atoms with Crippen molar-refractivity contribution in [1.29, 1.82) is 5.26 Å². The third kappa shape index (κ3) is 6.72. The highest BCUT2D eigenvalue weighted by Crippen LogP contribution is 2.00. The maximum Gasteiger partial charge on any atom is 0.231 e. The molecular weight excluding hydrogens is 142 g/mol. The molecule has 0 spiro atoms. The molecule has 3 heteroatoms. The number of hydrogen-bond acceptors (Lipinski definition) is 3. The Morgan fingerprint density at radius 2 is 1.82 bits per heavy atom. The van der Waals surface area contributed by atoms with Gasteiger partial charge in [-0.3, -0.25) is 4.79 Å². The highest BCUT2D eigenvalue weighted by Gasteiger charge is 1.99. The molecule has 0 N–H and O–H groups in total. The summed E-state index contributed by atoms with van der Waals surface area (Å²) in [6.45, 7) is 1.52. The number of nitriles is 1. The average molecular weight is 153 g/mol. The molecule has 0 saturated carbocycles. The van der Waals surface area contributed by atoms with Gasteiger partial charge in [0.05, 0.1) is 0 Å². The van der Waals surface area contributed by atoms with E-state index in [2.05, 4.69) is 0 Å². The van der Waals surface area contributed by atoms with Gasteiger partial charge < -0.3 is 4.79 Å². The van der Waals surface area contributed by atoms with E-state index in [4.69, 9.17) is 5.26 Å². The second kappa shape index (κ2) is 5.60. The van der Waals surface area contributed by atoms with Crippen molar-refractivity contribution in [2.45, 2.75) is 32.6 Å². The van der Waals surface area contributed by atoms with Gasteiger partial charge in [-0.15, -0.1) is 0 Å². The Hall–Kier alpha value is -1.17. The second-order valence-corrected chi connectivity index (χ2v) is 2.44. The molecule has 0 saturated heterocycles. The van der Waals surface area contributed by atoms with E-state index in [-0.39, 0.29) is 12.2 Å². The number of carbonyl (C=O) groups is 2. The first-order chi connectivity index (χ1) is 5.16. The zero-order valence-electron chi connectivity index (χ0n) is 6.59. The first kappa shape index (κ1) is 9.83. The van der Waals surface area contributed by atoms with E-state index in [1.54, 1.807) is 0 Å². The van der Waals surface area contributed by atoms with Crippen LogP contribution in [-0.2, 0) is 9.59 Å². The highest BCUT2D eigenvalue weighted by atomic mass is 16.1. The first-order valence-corrected chi connectivity index (χ1v) is 3.59. The van der Waals surface area contributed by atoms with Gasteiger partial charge in [-0.05, 0) is 19.8 Å². The normalized spacial score (nSPS) is 8.73. The maximum absolute atomic E-state index is 10.4. The molecule has 11 heavy (non-hydrogen) atoms. The molecule has 0 bridgehead atoms. The van der Waals surface area contributed by atoms with E-state index < -0.39 is 5.78 Å². The first-order valence-electron chi connectivity index (χ1n) is 3.59. The Morgan fingerprint density at radius 1 is 1.27 bits per heavy atom. The summed E-state index contributed by atoms with van der Waals surface area (Å²) >= 11 is 0. The maximum atomic E-state index is 10.4. The fourth-order valence-electron chi connectivity index (χ4n) is 0.715. The number of unbranched alkanes of at least 4 members (excludes halogenated alkanes) is 1. The molecule has 0 aliphatic carbocycles. The number of rotatable bonds is 5. The number of nitrogens with zero attached hydrogens (tertiary/aromatic N) is 1. The van der Waals surface area contributed by atoms with Crippen LogP contribution in [0, 0.1) is 11.3 Å². The Bertz CT molecular complexity index is 191. The molecule has 0 heterocycles. The fraction of sp³-hybridized carbons (Fsp3) is 0.625. The van der Waals surface area contributed by atoms with Crippen LogP contribution in [0.25, 0.3) is 0 Å². The third-order valence-electron chi connectivity index (χ3n) is 1.31. The van der Waals surface area contributed by atoms with Gasteiger partial charge in [0.15, 0.2) is 0 Å². The monoisotopic (exact) mass is 153 g/mol. The molecule has 60 valence electrons. The van der Waals surface area contributed by atoms with Crippen LogP contribution < -0.4 is 0 Å². The number of ketones is 2. The SMILES string of the molecule is CC(=O)CCCCC(=O)C#N. The van der Waals surface area contributed by atoms with Gasteiger partial charge in [0.25, 0.3) is 0 Å². The molecular formula is C8H11NO2. The minimum atomic E-state index is -0.395. The molecule has 0 aliphatic heterocycles. The summed E-state index contributed by atoms with van der Waals surface area (Å²) in [5, 5.41) is 8.08. The molecule has 0 amide bonds. The van der Waals surface area contributed by atoms with Crippen LogP contribution >= 0.6 is 0 Å². The Kier molecular flexibility index (Phi) is 5.01. The summed E-state index contributed by atoms with van der Waals surface area (Å²) in [7, 11) is 0. The molecule has 0 aliphatic rings. The van der Waals surface area contributed by atoms with Crippen molar-refractivity contribution in [1.82, 2.24) is 0 Å². The van der Waals surface area contributed by atoms with Crippen LogP contribution in [0.15, 0.2) is 0 Å². The van der Waals surface area contributed by atoms with Crippen molar-refractivity contribution in [2.24, 2.45) is 0 Å². The van der Waals surface area contributed by atoms with Crippen LogP contribution in [0.1, 0.15) is 32.6 Å². The summed E-state index contributed by atoms with van der Waals surface area (Å²) in [4.78, 5) is 20.8. The fourth-order valence-corrected chi connectivity index (χ4v) is 0.715. The Labute approximate surface area is 66.0 Å². The highest BCUT2D eigenvalue weighted by molar-refractivity contribution is 5.93. The molecule has 0 fully saturated rings. The van der Waals surface area contributed by atoms with E-state index in [0.717, 1.165) is 0 Å². The van der Waals surface area contributed by atoms with Crippen LogP contribution in [0.2, 0.25) is 0 Å². The Morgan fingerprint density at radius 3 is 2.27 bits per heavy atom. The zero-order valence-corrected chi connectivity index (χ0v) is 6.59.